The Kier molecular flexibility index (Phi) is 4.89. The Morgan fingerprint density at radius 1 is 1.20 bits per heavy atom. The molecule has 132 valence electrons. The van der Waals surface area contributed by atoms with E-state index in [9.17, 15) is 18.0 Å². The van der Waals surface area contributed by atoms with E-state index in [0.717, 1.165) is 25.1 Å². The number of carbonyl (C=O) groups excluding carboxylic acids is 1. The van der Waals surface area contributed by atoms with Crippen molar-refractivity contribution in [3.8, 4) is 11.6 Å². The molecule has 1 amide bonds. The summed E-state index contributed by atoms with van der Waals surface area (Å²) in [7, 11) is 0. The van der Waals surface area contributed by atoms with E-state index in [4.69, 9.17) is 4.74 Å². The highest BCUT2D eigenvalue weighted by molar-refractivity contribution is 5.92. The first-order valence-corrected chi connectivity index (χ1v) is 7.74. The Hall–Kier alpha value is -2.61. The van der Waals surface area contributed by atoms with Gasteiger partial charge in [0.1, 0.15) is 5.75 Å². The fraction of sp³-hybridized carbons (Fsp3) is 0.294. The van der Waals surface area contributed by atoms with Gasteiger partial charge in [0.25, 0.3) is 0 Å². The lowest BCUT2D eigenvalue weighted by atomic mass is 10.1. The van der Waals surface area contributed by atoms with Crippen molar-refractivity contribution in [1.29, 1.82) is 0 Å². The van der Waals surface area contributed by atoms with Crippen molar-refractivity contribution >= 4 is 11.6 Å². The normalized spacial score (nSPS) is 17.3. The van der Waals surface area contributed by atoms with Crippen molar-refractivity contribution in [3.05, 3.63) is 48.2 Å². The van der Waals surface area contributed by atoms with Crippen LogP contribution in [0.3, 0.4) is 0 Å². The summed E-state index contributed by atoms with van der Waals surface area (Å²) in [6.45, 7) is 1.49. The summed E-state index contributed by atoms with van der Waals surface area (Å²) in [6.07, 6.45) is -2.14. The van der Waals surface area contributed by atoms with E-state index < -0.39 is 11.7 Å². The standard InChI is InChI=1S/C17H16F3N3O2/c18-17(19,20)12-1-4-14(5-2-12)25-15-6-3-13(10-22-15)23-16(24)11-7-8-21-9-11/h1-6,10-11,21H,7-9H2,(H,23,24). The highest BCUT2D eigenvalue weighted by atomic mass is 19.4. The molecule has 1 fully saturated rings. The Morgan fingerprint density at radius 2 is 1.96 bits per heavy atom. The largest absolute Gasteiger partial charge is 0.439 e. The fourth-order valence-corrected chi connectivity index (χ4v) is 2.47. The van der Waals surface area contributed by atoms with Crippen LogP contribution in [-0.4, -0.2) is 24.0 Å². The van der Waals surface area contributed by atoms with Crippen LogP contribution < -0.4 is 15.4 Å². The number of rotatable bonds is 4. The van der Waals surface area contributed by atoms with Gasteiger partial charge >= 0.3 is 6.18 Å². The molecule has 25 heavy (non-hydrogen) atoms. The van der Waals surface area contributed by atoms with Crippen molar-refractivity contribution in [2.75, 3.05) is 18.4 Å². The second-order valence-electron chi connectivity index (χ2n) is 5.69. The zero-order valence-electron chi connectivity index (χ0n) is 13.1. The van der Waals surface area contributed by atoms with Gasteiger partial charge in [0.2, 0.25) is 11.8 Å². The van der Waals surface area contributed by atoms with Gasteiger partial charge in [-0.3, -0.25) is 4.79 Å². The SMILES string of the molecule is O=C(Nc1ccc(Oc2ccc(C(F)(F)F)cc2)nc1)C1CCNC1. The van der Waals surface area contributed by atoms with Crippen molar-refractivity contribution in [2.24, 2.45) is 5.92 Å². The minimum absolute atomic E-state index is 0.0527. The molecule has 1 unspecified atom stereocenters. The fourth-order valence-electron chi connectivity index (χ4n) is 2.47. The van der Waals surface area contributed by atoms with E-state index >= 15 is 0 Å². The smallest absolute Gasteiger partial charge is 0.416 e. The molecule has 1 saturated heterocycles. The minimum atomic E-state index is -4.38. The quantitative estimate of drug-likeness (QED) is 0.886. The van der Waals surface area contributed by atoms with Gasteiger partial charge < -0.3 is 15.4 Å². The van der Waals surface area contributed by atoms with Crippen LogP contribution in [-0.2, 0) is 11.0 Å². The highest BCUT2D eigenvalue weighted by Gasteiger charge is 2.30. The first kappa shape index (κ1) is 17.2. The number of benzene rings is 1. The number of halogens is 3. The van der Waals surface area contributed by atoms with Crippen LogP contribution in [0.25, 0.3) is 0 Å². The third-order valence-electron chi connectivity index (χ3n) is 3.84. The number of carbonyl (C=O) groups is 1. The number of nitrogens with zero attached hydrogens (tertiary/aromatic N) is 1. The third-order valence-corrected chi connectivity index (χ3v) is 3.84. The molecule has 0 radical (unpaired) electrons. The Bertz CT molecular complexity index is 724. The number of hydrogen-bond acceptors (Lipinski definition) is 4. The van der Waals surface area contributed by atoms with Crippen molar-refractivity contribution in [2.45, 2.75) is 12.6 Å². The zero-order valence-corrected chi connectivity index (χ0v) is 13.1. The van der Waals surface area contributed by atoms with Gasteiger partial charge in [-0.1, -0.05) is 0 Å². The lowest BCUT2D eigenvalue weighted by molar-refractivity contribution is -0.137. The lowest BCUT2D eigenvalue weighted by Crippen LogP contribution is -2.24. The summed E-state index contributed by atoms with van der Waals surface area (Å²) in [4.78, 5) is 16.1. The molecule has 1 aliphatic rings. The summed E-state index contributed by atoms with van der Waals surface area (Å²) in [6, 6.07) is 7.52. The van der Waals surface area contributed by atoms with Gasteiger partial charge in [0.05, 0.1) is 23.4 Å². The van der Waals surface area contributed by atoms with Crippen LogP contribution >= 0.6 is 0 Å². The van der Waals surface area contributed by atoms with Crippen molar-refractivity contribution in [3.63, 3.8) is 0 Å². The number of anilines is 1. The lowest BCUT2D eigenvalue weighted by Gasteiger charge is -2.11. The van der Waals surface area contributed by atoms with Crippen LogP contribution in [0, 0.1) is 5.92 Å². The van der Waals surface area contributed by atoms with Gasteiger partial charge in [-0.15, -0.1) is 0 Å². The molecule has 2 aromatic rings. The first-order chi connectivity index (χ1) is 11.9. The van der Waals surface area contributed by atoms with E-state index in [0.29, 0.717) is 12.2 Å². The van der Waals surface area contributed by atoms with Gasteiger partial charge in [-0.25, -0.2) is 4.98 Å². The van der Waals surface area contributed by atoms with Crippen LogP contribution in [0.4, 0.5) is 18.9 Å². The Labute approximate surface area is 142 Å². The predicted octanol–water partition coefficient (Wildman–Crippen LogP) is 3.44. The van der Waals surface area contributed by atoms with E-state index in [1.54, 1.807) is 12.1 Å². The molecule has 1 aliphatic heterocycles. The molecule has 2 N–H and O–H groups in total. The summed E-state index contributed by atoms with van der Waals surface area (Å²) in [5.41, 5.74) is -0.205. The molecular weight excluding hydrogens is 335 g/mol. The van der Waals surface area contributed by atoms with Gasteiger partial charge in [0, 0.05) is 12.6 Å². The topological polar surface area (TPSA) is 63.2 Å². The number of hydrogen-bond donors (Lipinski definition) is 2. The average Bonchev–Trinajstić information content (AvgIpc) is 3.11. The molecule has 1 aromatic heterocycles. The number of pyridine rings is 1. The summed E-state index contributed by atoms with van der Waals surface area (Å²) >= 11 is 0. The molecule has 0 bridgehead atoms. The Morgan fingerprint density at radius 3 is 2.52 bits per heavy atom. The highest BCUT2D eigenvalue weighted by Crippen LogP contribution is 2.31. The average molecular weight is 351 g/mol. The molecule has 5 nitrogen and oxygen atoms in total. The molecule has 0 saturated carbocycles. The predicted molar refractivity (Wildman–Crippen MR) is 85.4 cm³/mol. The third kappa shape index (κ3) is 4.48. The van der Waals surface area contributed by atoms with Gasteiger partial charge in [0.15, 0.2) is 0 Å². The molecule has 0 aliphatic carbocycles. The maximum atomic E-state index is 12.5. The van der Waals surface area contributed by atoms with E-state index in [1.165, 1.54) is 18.3 Å². The maximum Gasteiger partial charge on any atom is 0.416 e. The summed E-state index contributed by atoms with van der Waals surface area (Å²) in [5.74, 6) is 0.348. The number of ether oxygens (including phenoxy) is 1. The number of amides is 1. The zero-order chi connectivity index (χ0) is 17.9. The van der Waals surface area contributed by atoms with Crippen molar-refractivity contribution in [1.82, 2.24) is 10.3 Å². The van der Waals surface area contributed by atoms with E-state index in [2.05, 4.69) is 15.6 Å². The molecule has 2 heterocycles. The van der Waals surface area contributed by atoms with Gasteiger partial charge in [-0.05, 0) is 43.3 Å². The first-order valence-electron chi connectivity index (χ1n) is 7.74. The van der Waals surface area contributed by atoms with E-state index in [1.807, 2.05) is 0 Å². The van der Waals surface area contributed by atoms with Crippen LogP contribution in [0.2, 0.25) is 0 Å². The van der Waals surface area contributed by atoms with Crippen LogP contribution in [0.1, 0.15) is 12.0 Å². The molecule has 0 spiro atoms. The molecule has 8 heteroatoms. The maximum absolute atomic E-state index is 12.5. The minimum Gasteiger partial charge on any atom is -0.439 e. The molecule has 1 atom stereocenters. The molecule has 3 rings (SSSR count). The van der Waals surface area contributed by atoms with E-state index in [-0.39, 0.29) is 23.5 Å². The van der Waals surface area contributed by atoms with Crippen molar-refractivity contribution < 1.29 is 22.7 Å². The van der Waals surface area contributed by atoms with Crippen LogP contribution in [0.5, 0.6) is 11.6 Å². The summed E-state index contributed by atoms with van der Waals surface area (Å²) < 4.78 is 43.0. The summed E-state index contributed by atoms with van der Waals surface area (Å²) in [5, 5.41) is 5.90. The van der Waals surface area contributed by atoms with Gasteiger partial charge in [-0.2, -0.15) is 13.2 Å². The molecular formula is C17H16F3N3O2. The monoisotopic (exact) mass is 351 g/mol. The molecule has 1 aromatic carbocycles. The number of nitrogens with one attached hydrogen (secondary N) is 2. The number of aromatic nitrogens is 1. The second-order valence-corrected chi connectivity index (χ2v) is 5.69. The number of alkyl halides is 3. The second kappa shape index (κ2) is 7.10. The van der Waals surface area contributed by atoms with Crippen LogP contribution in [0.15, 0.2) is 42.6 Å². The Balaban J connectivity index is 1.59.